The van der Waals surface area contributed by atoms with Gasteiger partial charge in [0.15, 0.2) is 5.78 Å². The van der Waals surface area contributed by atoms with Gasteiger partial charge in [0.05, 0.1) is 30.2 Å². The first-order valence-electron chi connectivity index (χ1n) is 28.6. The van der Waals surface area contributed by atoms with Crippen molar-refractivity contribution in [3.63, 3.8) is 0 Å². The summed E-state index contributed by atoms with van der Waals surface area (Å²) < 4.78 is 6.17. The Balaban J connectivity index is 0.892. The summed E-state index contributed by atoms with van der Waals surface area (Å²) in [6.45, 7) is 9.37. The fourth-order valence-electron chi connectivity index (χ4n) is 11.8. The minimum absolute atomic E-state index is 0.0794. The Labute approximate surface area is 466 Å². The van der Waals surface area contributed by atoms with Crippen LogP contribution in [0.5, 0.6) is 5.75 Å². The zero-order valence-corrected chi connectivity index (χ0v) is 47.1. The van der Waals surface area contributed by atoms with Gasteiger partial charge in [0.1, 0.15) is 24.4 Å². The highest BCUT2D eigenvalue weighted by atomic mass is 16.5. The number of ether oxygens (including phenoxy) is 1. The van der Waals surface area contributed by atoms with Crippen molar-refractivity contribution in [1.29, 1.82) is 0 Å². The van der Waals surface area contributed by atoms with Crippen LogP contribution in [-0.4, -0.2) is 103 Å². The highest BCUT2D eigenvalue weighted by molar-refractivity contribution is 5.97. The number of benzene rings is 4. The molecule has 1 saturated heterocycles. The minimum atomic E-state index is -0.939. The molecular formula is C63H82N8O8. The van der Waals surface area contributed by atoms with Crippen LogP contribution in [0.3, 0.4) is 0 Å². The Morgan fingerprint density at radius 1 is 0.620 bits per heavy atom. The van der Waals surface area contributed by atoms with E-state index >= 15 is 0 Å². The van der Waals surface area contributed by atoms with E-state index in [1.54, 1.807) is 40.1 Å². The molecule has 10 unspecified atom stereocenters. The Hall–Kier alpha value is -6.91. The van der Waals surface area contributed by atoms with Gasteiger partial charge in [-0.1, -0.05) is 106 Å². The third-order valence-electron chi connectivity index (χ3n) is 16.8. The fourth-order valence-corrected chi connectivity index (χ4v) is 11.8. The largest absolute Gasteiger partial charge is 0.489 e. The van der Waals surface area contributed by atoms with E-state index in [1.165, 1.54) is 16.0 Å². The molecule has 4 aromatic carbocycles. The van der Waals surface area contributed by atoms with Crippen molar-refractivity contribution in [2.24, 2.45) is 17.3 Å². The van der Waals surface area contributed by atoms with E-state index in [0.29, 0.717) is 24.2 Å². The molecule has 1 heterocycles. The molecule has 2 fully saturated rings. The first-order valence-corrected chi connectivity index (χ1v) is 28.6. The summed E-state index contributed by atoms with van der Waals surface area (Å²) in [5.41, 5.74) is 6.01. The molecule has 8 rings (SSSR count). The maximum absolute atomic E-state index is 14.6. The van der Waals surface area contributed by atoms with E-state index in [1.807, 2.05) is 87.5 Å². The predicted molar refractivity (Wildman–Crippen MR) is 304 cm³/mol. The maximum atomic E-state index is 14.6. The van der Waals surface area contributed by atoms with E-state index in [9.17, 15) is 33.6 Å². The molecule has 0 radical (unpaired) electrons. The summed E-state index contributed by atoms with van der Waals surface area (Å²) in [6.07, 6.45) is 8.79. The molecule has 10 atom stereocenters. The molecule has 0 aromatic heterocycles. The zero-order valence-electron chi connectivity index (χ0n) is 47.1. The highest BCUT2D eigenvalue weighted by Gasteiger charge is 2.46. The SMILES string of the molecule is CNC(C)C(=O)NC(Cc1ccc(OCc2ccc(C(=O)NC3CC(C(=O)NC4CCCc5ccccc54)N(C(=O)C(NC(=O)C(C)NC)C(C)(C)C)C3)cc2)cc1)C(=O)C1CCCCC1C(=O)NC1CCCc2ccccc21. The van der Waals surface area contributed by atoms with Crippen LogP contribution >= 0.6 is 0 Å². The third kappa shape index (κ3) is 14.5. The van der Waals surface area contributed by atoms with Gasteiger partial charge in [0.25, 0.3) is 5.91 Å². The summed E-state index contributed by atoms with van der Waals surface area (Å²) in [5.74, 6) is -2.31. The van der Waals surface area contributed by atoms with E-state index in [2.05, 4.69) is 55.4 Å². The Morgan fingerprint density at radius 3 is 1.75 bits per heavy atom. The second kappa shape index (κ2) is 26.4. The average Bonchev–Trinajstić information content (AvgIpc) is 4.06. The second-order valence-electron chi connectivity index (χ2n) is 23.3. The number of nitrogens with one attached hydrogen (secondary N) is 7. The standard InChI is InChI=1S/C63H82N8O8/c1-38(64-6)57(73)69-53(55(72)49-22-12-13-23-50(49)60(76)67-51-24-14-18-42-16-8-10-20-47(42)51)34-40-28-32-46(33-29-40)79-37-41-26-30-44(31-27-41)59(75)66-45-35-54(61(77)68-52-25-15-19-43-17-9-11-21-48(43)52)71(36-45)62(78)56(63(3,4)5)70-58(74)39(2)65-7/h8-11,16-17,20-21,26-33,38-39,45,49-54,56,64-65H,12-15,18-19,22-25,34-37H2,1-7H3,(H,66,75)(H,67,76)(H,68,77)(H,69,73)(H,70,74). The Morgan fingerprint density at radius 2 is 1.16 bits per heavy atom. The van der Waals surface area contributed by atoms with Crippen molar-refractivity contribution in [3.05, 3.63) is 136 Å². The first kappa shape index (κ1) is 58.2. The van der Waals surface area contributed by atoms with E-state index in [0.717, 1.165) is 73.6 Å². The molecule has 422 valence electrons. The number of likely N-dealkylation sites (tertiary alicyclic amines) is 1. The monoisotopic (exact) mass is 1080 g/mol. The van der Waals surface area contributed by atoms with Crippen LogP contribution < -0.4 is 42.0 Å². The number of carbonyl (C=O) groups excluding carboxylic acids is 7. The lowest BCUT2D eigenvalue weighted by Gasteiger charge is -2.36. The van der Waals surface area contributed by atoms with Crippen LogP contribution in [0.15, 0.2) is 97.1 Å². The number of hydrogen-bond acceptors (Lipinski definition) is 10. The van der Waals surface area contributed by atoms with Gasteiger partial charge in [-0.05, 0) is 155 Å². The molecule has 1 aliphatic heterocycles. The molecule has 0 spiro atoms. The molecule has 0 bridgehead atoms. The number of nitrogens with zero attached hydrogens (tertiary/aromatic N) is 1. The number of Topliss-reactive ketones (excluding diaryl/α,β-unsaturated/α-hetero) is 1. The van der Waals surface area contributed by atoms with Crippen molar-refractivity contribution >= 4 is 41.2 Å². The van der Waals surface area contributed by atoms with Crippen LogP contribution in [0.25, 0.3) is 0 Å². The molecule has 1 saturated carbocycles. The highest BCUT2D eigenvalue weighted by Crippen LogP contribution is 2.36. The predicted octanol–water partition coefficient (Wildman–Crippen LogP) is 6.50. The first-order chi connectivity index (χ1) is 37.9. The topological polar surface area (TPSA) is 216 Å². The maximum Gasteiger partial charge on any atom is 0.251 e. The number of fused-ring (bicyclic) bond motifs is 2. The molecule has 79 heavy (non-hydrogen) atoms. The quantitative estimate of drug-likeness (QED) is 0.0510. The summed E-state index contributed by atoms with van der Waals surface area (Å²) in [5, 5.41) is 21.5. The number of aryl methyl sites for hydroxylation is 2. The van der Waals surface area contributed by atoms with Crippen molar-refractivity contribution in [2.45, 2.75) is 167 Å². The summed E-state index contributed by atoms with van der Waals surface area (Å²) in [6, 6.07) is 26.2. The van der Waals surface area contributed by atoms with Crippen molar-refractivity contribution in [2.75, 3.05) is 20.6 Å². The van der Waals surface area contributed by atoms with Crippen LogP contribution in [0.4, 0.5) is 0 Å². The molecular weight excluding hydrogens is 997 g/mol. The normalized spacial score (nSPS) is 22.3. The van der Waals surface area contributed by atoms with E-state index < -0.39 is 59.4 Å². The fraction of sp³-hybridized carbons (Fsp3) is 0.508. The van der Waals surface area contributed by atoms with Gasteiger partial charge in [0.2, 0.25) is 29.5 Å². The lowest BCUT2D eigenvalue weighted by atomic mass is 9.74. The third-order valence-corrected chi connectivity index (χ3v) is 16.8. The molecule has 4 aliphatic rings. The second-order valence-corrected chi connectivity index (χ2v) is 23.3. The van der Waals surface area contributed by atoms with Gasteiger partial charge >= 0.3 is 0 Å². The van der Waals surface area contributed by atoms with Gasteiger partial charge in [-0.25, -0.2) is 0 Å². The van der Waals surface area contributed by atoms with Crippen LogP contribution in [0.1, 0.15) is 148 Å². The molecule has 3 aliphatic carbocycles. The number of ketones is 1. The summed E-state index contributed by atoms with van der Waals surface area (Å²) >= 11 is 0. The van der Waals surface area contributed by atoms with Gasteiger partial charge < -0.3 is 46.9 Å². The number of hydrogen-bond donors (Lipinski definition) is 7. The van der Waals surface area contributed by atoms with Crippen molar-refractivity contribution in [1.82, 2.24) is 42.1 Å². The van der Waals surface area contributed by atoms with Crippen molar-refractivity contribution < 1.29 is 38.3 Å². The van der Waals surface area contributed by atoms with E-state index in [4.69, 9.17) is 4.74 Å². The lowest BCUT2D eigenvalue weighted by Crippen LogP contribution is -2.59. The molecule has 7 N–H and O–H groups in total. The van der Waals surface area contributed by atoms with Gasteiger partial charge in [-0.15, -0.1) is 0 Å². The summed E-state index contributed by atoms with van der Waals surface area (Å²) in [4.78, 5) is 99.5. The van der Waals surface area contributed by atoms with Gasteiger partial charge in [-0.3, -0.25) is 33.6 Å². The molecule has 16 nitrogen and oxygen atoms in total. The molecule has 4 aromatic rings. The van der Waals surface area contributed by atoms with Gasteiger partial charge in [0, 0.05) is 30.0 Å². The van der Waals surface area contributed by atoms with E-state index in [-0.39, 0.29) is 73.4 Å². The number of carbonyl (C=O) groups is 7. The average molecular weight is 1080 g/mol. The Kier molecular flexibility index (Phi) is 19.4. The number of rotatable bonds is 20. The number of likely N-dealkylation sites (N-methyl/N-ethyl adjacent to an activating group) is 2. The molecule has 16 heteroatoms. The van der Waals surface area contributed by atoms with Crippen LogP contribution in [0.2, 0.25) is 0 Å². The van der Waals surface area contributed by atoms with Crippen molar-refractivity contribution in [3.8, 4) is 5.75 Å². The summed E-state index contributed by atoms with van der Waals surface area (Å²) in [7, 11) is 3.37. The molecule has 6 amide bonds. The zero-order chi connectivity index (χ0) is 56.4. The number of amides is 6. The Bertz CT molecular complexity index is 2810. The lowest BCUT2D eigenvalue weighted by molar-refractivity contribution is -0.144. The van der Waals surface area contributed by atoms with Crippen LogP contribution in [-0.2, 0) is 54.6 Å². The minimum Gasteiger partial charge on any atom is -0.489 e. The van der Waals surface area contributed by atoms with Crippen LogP contribution in [0, 0.1) is 17.3 Å². The van der Waals surface area contributed by atoms with Gasteiger partial charge in [-0.2, -0.15) is 0 Å². The smallest absolute Gasteiger partial charge is 0.251 e.